The number of aryl methyl sites for hydroxylation is 1. The maximum absolute atomic E-state index is 11.9. The van der Waals surface area contributed by atoms with Crippen LogP contribution in [0.5, 0.6) is 11.5 Å². The Morgan fingerprint density at radius 1 is 1.32 bits per heavy atom. The Balaban J connectivity index is 1.93. The minimum atomic E-state index is -0.401. The Bertz CT molecular complexity index is 572. The number of carbonyl (C=O) groups is 2. The van der Waals surface area contributed by atoms with Crippen LogP contribution < -0.4 is 20.1 Å². The average molecular weight is 306 g/mol. The van der Waals surface area contributed by atoms with E-state index in [0.717, 1.165) is 22.6 Å². The molecule has 1 unspecified atom stereocenters. The van der Waals surface area contributed by atoms with Gasteiger partial charge in [-0.2, -0.15) is 0 Å². The van der Waals surface area contributed by atoms with Gasteiger partial charge in [-0.1, -0.05) is 0 Å². The van der Waals surface area contributed by atoms with Gasteiger partial charge in [0, 0.05) is 13.0 Å². The maximum atomic E-state index is 11.9. The van der Waals surface area contributed by atoms with Gasteiger partial charge >= 0.3 is 0 Å². The van der Waals surface area contributed by atoms with Crippen LogP contribution in [0.4, 0.5) is 0 Å². The minimum Gasteiger partial charge on any atom is -0.496 e. The van der Waals surface area contributed by atoms with Crippen LogP contribution in [0.2, 0.25) is 0 Å². The Labute approximate surface area is 130 Å². The van der Waals surface area contributed by atoms with Crippen LogP contribution in [0.1, 0.15) is 24.0 Å². The molecule has 1 aliphatic heterocycles. The predicted octanol–water partition coefficient (Wildman–Crippen LogP) is 0.950. The molecule has 2 N–H and O–H groups in total. The predicted molar refractivity (Wildman–Crippen MR) is 82.2 cm³/mol. The summed E-state index contributed by atoms with van der Waals surface area (Å²) in [5.74, 6) is 1.38. The topological polar surface area (TPSA) is 76.7 Å². The van der Waals surface area contributed by atoms with Crippen molar-refractivity contribution in [2.45, 2.75) is 32.2 Å². The highest BCUT2D eigenvalue weighted by Gasteiger charge is 2.26. The molecule has 0 aliphatic carbocycles. The van der Waals surface area contributed by atoms with Crippen molar-refractivity contribution >= 4 is 11.8 Å². The summed E-state index contributed by atoms with van der Waals surface area (Å²) in [6.07, 6.45) is 1.61. The van der Waals surface area contributed by atoms with E-state index < -0.39 is 6.04 Å². The molecule has 0 radical (unpaired) electrons. The lowest BCUT2D eigenvalue weighted by Crippen LogP contribution is -2.42. The lowest BCUT2D eigenvalue weighted by atomic mass is 10.1. The molecule has 2 rings (SSSR count). The standard InChI is InChI=1S/C16H22N2O4/c1-10-8-14(22-3)11(9-13(10)21-2)6-7-17-16(20)12-4-5-15(19)18-12/h8-9,12H,4-7H2,1-3H3,(H,17,20)(H,18,19). The zero-order valence-corrected chi connectivity index (χ0v) is 13.2. The highest BCUT2D eigenvalue weighted by molar-refractivity contribution is 5.90. The van der Waals surface area contributed by atoms with E-state index in [1.165, 1.54) is 0 Å². The zero-order chi connectivity index (χ0) is 16.1. The van der Waals surface area contributed by atoms with E-state index in [1.807, 2.05) is 19.1 Å². The summed E-state index contributed by atoms with van der Waals surface area (Å²) in [7, 11) is 3.25. The van der Waals surface area contributed by atoms with Gasteiger partial charge in [-0.25, -0.2) is 0 Å². The second kappa shape index (κ2) is 7.15. The second-order valence-electron chi connectivity index (χ2n) is 5.33. The largest absolute Gasteiger partial charge is 0.496 e. The van der Waals surface area contributed by atoms with Crippen molar-refractivity contribution < 1.29 is 19.1 Å². The molecule has 6 heteroatoms. The molecule has 6 nitrogen and oxygen atoms in total. The number of carbonyl (C=O) groups excluding carboxylic acids is 2. The van der Waals surface area contributed by atoms with Gasteiger partial charge in [0.2, 0.25) is 11.8 Å². The van der Waals surface area contributed by atoms with Crippen LogP contribution in [0.3, 0.4) is 0 Å². The maximum Gasteiger partial charge on any atom is 0.242 e. The monoisotopic (exact) mass is 306 g/mol. The third kappa shape index (κ3) is 3.69. The zero-order valence-electron chi connectivity index (χ0n) is 13.2. The molecule has 1 atom stereocenters. The van der Waals surface area contributed by atoms with E-state index in [-0.39, 0.29) is 11.8 Å². The summed E-state index contributed by atoms with van der Waals surface area (Å²) in [6, 6.07) is 3.45. The van der Waals surface area contributed by atoms with Gasteiger partial charge in [0.15, 0.2) is 0 Å². The van der Waals surface area contributed by atoms with Gasteiger partial charge in [-0.05, 0) is 43.0 Å². The van der Waals surface area contributed by atoms with Crippen LogP contribution in [-0.2, 0) is 16.0 Å². The van der Waals surface area contributed by atoms with Gasteiger partial charge < -0.3 is 20.1 Å². The molecule has 120 valence electrons. The van der Waals surface area contributed by atoms with E-state index in [1.54, 1.807) is 14.2 Å². The Morgan fingerprint density at radius 2 is 2.05 bits per heavy atom. The first kappa shape index (κ1) is 16.1. The number of methoxy groups -OCH3 is 2. The molecule has 0 aromatic heterocycles. The van der Waals surface area contributed by atoms with E-state index in [4.69, 9.17) is 9.47 Å². The van der Waals surface area contributed by atoms with Gasteiger partial charge in [0.1, 0.15) is 17.5 Å². The molecule has 0 bridgehead atoms. The molecule has 1 heterocycles. The van der Waals surface area contributed by atoms with E-state index >= 15 is 0 Å². The second-order valence-corrected chi connectivity index (χ2v) is 5.33. The number of rotatable bonds is 6. The highest BCUT2D eigenvalue weighted by atomic mass is 16.5. The third-order valence-electron chi connectivity index (χ3n) is 3.80. The molecular weight excluding hydrogens is 284 g/mol. The van der Waals surface area contributed by atoms with Crippen molar-refractivity contribution in [2.75, 3.05) is 20.8 Å². The van der Waals surface area contributed by atoms with Gasteiger partial charge in [0.25, 0.3) is 0 Å². The lowest BCUT2D eigenvalue weighted by molar-refractivity contribution is -0.125. The van der Waals surface area contributed by atoms with Crippen LogP contribution in [0.25, 0.3) is 0 Å². The Hall–Kier alpha value is -2.24. The van der Waals surface area contributed by atoms with Crippen molar-refractivity contribution in [2.24, 2.45) is 0 Å². The van der Waals surface area contributed by atoms with Gasteiger partial charge in [-0.3, -0.25) is 9.59 Å². The first-order chi connectivity index (χ1) is 10.5. The summed E-state index contributed by atoms with van der Waals surface area (Å²) in [5.41, 5.74) is 1.97. The summed E-state index contributed by atoms with van der Waals surface area (Å²) in [5, 5.41) is 5.50. The van der Waals surface area contributed by atoms with Crippen LogP contribution in [0.15, 0.2) is 12.1 Å². The smallest absolute Gasteiger partial charge is 0.242 e. The van der Waals surface area contributed by atoms with Crippen molar-refractivity contribution in [3.8, 4) is 11.5 Å². The van der Waals surface area contributed by atoms with Crippen LogP contribution >= 0.6 is 0 Å². The molecule has 1 aliphatic rings. The van der Waals surface area contributed by atoms with Gasteiger partial charge in [0.05, 0.1) is 14.2 Å². The summed E-state index contributed by atoms with van der Waals surface area (Å²) < 4.78 is 10.7. The average Bonchev–Trinajstić information content (AvgIpc) is 2.94. The van der Waals surface area contributed by atoms with Crippen molar-refractivity contribution in [1.29, 1.82) is 0 Å². The molecule has 0 saturated carbocycles. The number of ether oxygens (including phenoxy) is 2. The molecule has 1 saturated heterocycles. The summed E-state index contributed by atoms with van der Waals surface area (Å²) >= 11 is 0. The van der Waals surface area contributed by atoms with E-state index in [2.05, 4.69) is 10.6 Å². The normalized spacial score (nSPS) is 17.0. The highest BCUT2D eigenvalue weighted by Crippen LogP contribution is 2.28. The number of amides is 2. The Kier molecular flexibility index (Phi) is 5.25. The van der Waals surface area contributed by atoms with E-state index in [0.29, 0.717) is 25.8 Å². The molecule has 1 aromatic rings. The number of nitrogens with one attached hydrogen (secondary N) is 2. The Morgan fingerprint density at radius 3 is 2.64 bits per heavy atom. The third-order valence-corrected chi connectivity index (χ3v) is 3.80. The first-order valence-corrected chi connectivity index (χ1v) is 7.33. The van der Waals surface area contributed by atoms with Crippen LogP contribution in [-0.4, -0.2) is 38.6 Å². The number of benzene rings is 1. The molecule has 0 spiro atoms. The quantitative estimate of drug-likeness (QED) is 0.820. The summed E-state index contributed by atoms with van der Waals surface area (Å²) in [4.78, 5) is 23.0. The lowest BCUT2D eigenvalue weighted by Gasteiger charge is -2.14. The van der Waals surface area contributed by atoms with Crippen molar-refractivity contribution in [3.05, 3.63) is 23.3 Å². The fourth-order valence-electron chi connectivity index (χ4n) is 2.56. The summed E-state index contributed by atoms with van der Waals surface area (Å²) in [6.45, 7) is 2.43. The molecule has 1 fully saturated rings. The molecule has 2 amide bonds. The SMILES string of the molecule is COc1cc(CCNC(=O)C2CCC(=O)N2)c(OC)cc1C. The number of hydrogen-bond donors (Lipinski definition) is 2. The molecule has 1 aromatic carbocycles. The minimum absolute atomic E-state index is 0.0647. The number of hydrogen-bond acceptors (Lipinski definition) is 4. The molecular formula is C16H22N2O4. The fourth-order valence-corrected chi connectivity index (χ4v) is 2.56. The van der Waals surface area contributed by atoms with Gasteiger partial charge in [-0.15, -0.1) is 0 Å². The van der Waals surface area contributed by atoms with Crippen LogP contribution in [0, 0.1) is 6.92 Å². The first-order valence-electron chi connectivity index (χ1n) is 7.33. The van der Waals surface area contributed by atoms with E-state index in [9.17, 15) is 9.59 Å². The van der Waals surface area contributed by atoms with Crippen molar-refractivity contribution in [3.63, 3.8) is 0 Å². The van der Waals surface area contributed by atoms with Crippen molar-refractivity contribution in [1.82, 2.24) is 10.6 Å². The fraction of sp³-hybridized carbons (Fsp3) is 0.500. The molecule has 22 heavy (non-hydrogen) atoms.